The molecule has 2 rings (SSSR count). The molecule has 0 bridgehead atoms. The lowest BCUT2D eigenvalue weighted by atomic mass is 10.0. The van der Waals surface area contributed by atoms with Gasteiger partial charge in [0.2, 0.25) is 0 Å². The molecule has 5 heteroatoms. The van der Waals surface area contributed by atoms with Gasteiger partial charge in [-0.05, 0) is 17.0 Å². The third-order valence-corrected chi connectivity index (χ3v) is 2.32. The number of aliphatic hydroxyl groups is 1. The molecule has 16 heavy (non-hydrogen) atoms. The molecule has 0 aliphatic rings. The zero-order chi connectivity index (χ0) is 11.8. The third-order valence-electron chi connectivity index (χ3n) is 2.32. The highest BCUT2D eigenvalue weighted by Gasteiger charge is 2.40. The van der Waals surface area contributed by atoms with E-state index in [9.17, 15) is 18.3 Å². The van der Waals surface area contributed by atoms with E-state index in [1.165, 1.54) is 24.5 Å². The van der Waals surface area contributed by atoms with Crippen LogP contribution >= 0.6 is 0 Å². The quantitative estimate of drug-likeness (QED) is 0.812. The number of aromatic nitrogens is 1. The highest BCUT2D eigenvalue weighted by atomic mass is 19.4. The van der Waals surface area contributed by atoms with E-state index < -0.39 is 12.3 Å². The van der Waals surface area contributed by atoms with Gasteiger partial charge in [-0.15, -0.1) is 0 Å². The second-order valence-electron chi connectivity index (χ2n) is 3.39. The molecular formula is C11H8F3NO. The van der Waals surface area contributed by atoms with E-state index in [-0.39, 0.29) is 5.56 Å². The van der Waals surface area contributed by atoms with Gasteiger partial charge in [0.15, 0.2) is 6.10 Å². The number of halogens is 3. The molecular weight excluding hydrogens is 219 g/mol. The van der Waals surface area contributed by atoms with Crippen LogP contribution in [0.5, 0.6) is 0 Å². The number of alkyl halides is 3. The highest BCUT2D eigenvalue weighted by molar-refractivity contribution is 5.85. The lowest BCUT2D eigenvalue weighted by molar-refractivity contribution is -0.206. The van der Waals surface area contributed by atoms with Crippen molar-refractivity contribution >= 4 is 10.8 Å². The van der Waals surface area contributed by atoms with Crippen LogP contribution < -0.4 is 0 Å². The van der Waals surface area contributed by atoms with Crippen LogP contribution in [-0.2, 0) is 0 Å². The van der Waals surface area contributed by atoms with Crippen LogP contribution in [-0.4, -0.2) is 16.3 Å². The van der Waals surface area contributed by atoms with Crippen LogP contribution in [0.1, 0.15) is 11.7 Å². The molecule has 1 heterocycles. The van der Waals surface area contributed by atoms with Crippen molar-refractivity contribution in [2.45, 2.75) is 12.3 Å². The number of rotatable bonds is 1. The molecule has 1 N–H and O–H groups in total. The van der Waals surface area contributed by atoms with Gasteiger partial charge in [-0.1, -0.05) is 18.2 Å². The van der Waals surface area contributed by atoms with E-state index in [2.05, 4.69) is 4.98 Å². The Balaban J connectivity index is 2.61. The minimum absolute atomic E-state index is 0.168. The van der Waals surface area contributed by atoms with Crippen LogP contribution in [0.2, 0.25) is 0 Å². The van der Waals surface area contributed by atoms with Crippen LogP contribution in [0, 0.1) is 0 Å². The van der Waals surface area contributed by atoms with Crippen molar-refractivity contribution in [3.63, 3.8) is 0 Å². The summed E-state index contributed by atoms with van der Waals surface area (Å²) >= 11 is 0. The number of hydrogen-bond donors (Lipinski definition) is 1. The lowest BCUT2D eigenvalue weighted by Crippen LogP contribution is -2.20. The number of pyridine rings is 1. The predicted octanol–water partition coefficient (Wildman–Crippen LogP) is 2.83. The van der Waals surface area contributed by atoms with Gasteiger partial charge in [0.25, 0.3) is 0 Å². The topological polar surface area (TPSA) is 33.1 Å². The summed E-state index contributed by atoms with van der Waals surface area (Å²) in [7, 11) is 0. The zero-order valence-corrected chi connectivity index (χ0v) is 8.07. The minimum atomic E-state index is -4.66. The van der Waals surface area contributed by atoms with E-state index >= 15 is 0 Å². The Morgan fingerprint density at radius 2 is 1.94 bits per heavy atom. The molecule has 0 unspecified atom stereocenters. The molecule has 84 valence electrons. The number of nitrogens with zero attached hydrogens (tertiary/aromatic N) is 1. The van der Waals surface area contributed by atoms with E-state index in [1.807, 2.05) is 0 Å². The van der Waals surface area contributed by atoms with Gasteiger partial charge in [-0.3, -0.25) is 4.98 Å². The first kappa shape index (κ1) is 10.9. The summed E-state index contributed by atoms with van der Waals surface area (Å²) in [5.74, 6) is 0. The molecule has 1 atom stereocenters. The van der Waals surface area contributed by atoms with Crippen molar-refractivity contribution in [2.24, 2.45) is 0 Å². The normalized spacial score (nSPS) is 14.0. The molecule has 0 aliphatic carbocycles. The van der Waals surface area contributed by atoms with Crippen LogP contribution in [0.25, 0.3) is 10.8 Å². The molecule has 1 aromatic heterocycles. The molecule has 0 aliphatic heterocycles. The van der Waals surface area contributed by atoms with Crippen molar-refractivity contribution in [2.75, 3.05) is 0 Å². The molecule has 2 aromatic rings. The summed E-state index contributed by atoms with van der Waals surface area (Å²) < 4.78 is 37.2. The Bertz CT molecular complexity index is 505. The zero-order valence-electron chi connectivity index (χ0n) is 8.07. The monoisotopic (exact) mass is 227 g/mol. The average molecular weight is 227 g/mol. The Kier molecular flexibility index (Phi) is 2.55. The van der Waals surface area contributed by atoms with E-state index in [1.54, 1.807) is 12.1 Å². The predicted molar refractivity (Wildman–Crippen MR) is 52.8 cm³/mol. The number of aliphatic hydroxyl groups excluding tert-OH is 1. The Hall–Kier alpha value is -1.62. The van der Waals surface area contributed by atoms with Gasteiger partial charge in [0.05, 0.1) is 0 Å². The molecule has 0 radical (unpaired) electrons. The largest absolute Gasteiger partial charge is 0.418 e. The molecule has 2 nitrogen and oxygen atoms in total. The summed E-state index contributed by atoms with van der Waals surface area (Å²) in [5.41, 5.74) is -0.168. The van der Waals surface area contributed by atoms with Crippen LogP contribution in [0.4, 0.5) is 13.2 Å². The van der Waals surface area contributed by atoms with Gasteiger partial charge in [0, 0.05) is 17.8 Å². The van der Waals surface area contributed by atoms with Crippen LogP contribution in [0.15, 0.2) is 36.7 Å². The van der Waals surface area contributed by atoms with E-state index in [0.29, 0.717) is 10.8 Å². The first-order valence-electron chi connectivity index (χ1n) is 4.57. The molecule has 1 aromatic carbocycles. The average Bonchev–Trinajstić information content (AvgIpc) is 2.26. The Morgan fingerprint density at radius 1 is 1.19 bits per heavy atom. The van der Waals surface area contributed by atoms with Crippen molar-refractivity contribution < 1.29 is 18.3 Å². The van der Waals surface area contributed by atoms with E-state index in [4.69, 9.17) is 0 Å². The second kappa shape index (κ2) is 3.75. The third kappa shape index (κ3) is 1.86. The Labute approximate surface area is 89.4 Å². The standard InChI is InChI=1S/C11H8F3NO/c12-11(13,14)10(16)8-3-1-2-7-4-5-15-6-9(7)8/h1-6,10,16H/t10-/m0/s1. The van der Waals surface area contributed by atoms with Crippen LogP contribution in [0.3, 0.4) is 0 Å². The van der Waals surface area contributed by atoms with Gasteiger partial charge >= 0.3 is 6.18 Å². The van der Waals surface area contributed by atoms with Gasteiger partial charge in [-0.25, -0.2) is 0 Å². The van der Waals surface area contributed by atoms with Gasteiger partial charge in [0.1, 0.15) is 0 Å². The summed E-state index contributed by atoms with van der Waals surface area (Å²) in [6, 6.07) is 6.00. The fourth-order valence-corrected chi connectivity index (χ4v) is 1.55. The fourth-order valence-electron chi connectivity index (χ4n) is 1.55. The number of benzene rings is 1. The lowest BCUT2D eigenvalue weighted by Gasteiger charge is -2.16. The van der Waals surface area contributed by atoms with Gasteiger partial charge < -0.3 is 5.11 Å². The minimum Gasteiger partial charge on any atom is -0.379 e. The summed E-state index contributed by atoms with van der Waals surface area (Å²) in [6.45, 7) is 0. The maximum Gasteiger partial charge on any atom is 0.418 e. The van der Waals surface area contributed by atoms with E-state index in [0.717, 1.165) is 0 Å². The van der Waals surface area contributed by atoms with Crippen molar-refractivity contribution in [3.05, 3.63) is 42.2 Å². The smallest absolute Gasteiger partial charge is 0.379 e. The highest BCUT2D eigenvalue weighted by Crippen LogP contribution is 2.35. The van der Waals surface area contributed by atoms with Crippen molar-refractivity contribution in [1.29, 1.82) is 0 Å². The maximum absolute atomic E-state index is 12.4. The first-order chi connectivity index (χ1) is 7.50. The molecule has 0 saturated carbocycles. The molecule has 0 spiro atoms. The number of fused-ring (bicyclic) bond motifs is 1. The SMILES string of the molecule is O[C@@H](c1cccc2ccncc12)C(F)(F)F. The molecule has 0 fully saturated rings. The molecule has 0 amide bonds. The van der Waals surface area contributed by atoms with Gasteiger partial charge in [-0.2, -0.15) is 13.2 Å². The first-order valence-corrected chi connectivity index (χ1v) is 4.57. The maximum atomic E-state index is 12.4. The van der Waals surface area contributed by atoms with Crippen molar-refractivity contribution in [1.82, 2.24) is 4.98 Å². The Morgan fingerprint density at radius 3 is 2.62 bits per heavy atom. The molecule has 0 saturated heterocycles. The summed E-state index contributed by atoms with van der Waals surface area (Å²) in [4.78, 5) is 3.76. The summed E-state index contributed by atoms with van der Waals surface area (Å²) in [6.07, 6.45) is -4.32. The summed E-state index contributed by atoms with van der Waals surface area (Å²) in [5, 5.41) is 10.1. The van der Waals surface area contributed by atoms with Crippen molar-refractivity contribution in [3.8, 4) is 0 Å². The fraction of sp³-hybridized carbons (Fsp3) is 0.182. The number of hydrogen-bond acceptors (Lipinski definition) is 2. The second-order valence-corrected chi connectivity index (χ2v) is 3.39.